The molecule has 0 aliphatic carbocycles. The van der Waals surface area contributed by atoms with Crippen LogP contribution in [-0.4, -0.2) is 91.9 Å². The van der Waals surface area contributed by atoms with Crippen LogP contribution in [-0.2, 0) is 11.3 Å². The van der Waals surface area contributed by atoms with Crippen molar-refractivity contribution in [2.24, 2.45) is 0 Å². The number of pyridine rings is 2. The zero-order valence-corrected chi connectivity index (χ0v) is 25.6. The molecule has 0 unspecified atom stereocenters. The van der Waals surface area contributed by atoms with Gasteiger partial charge in [-0.3, -0.25) is 14.8 Å². The quantitative estimate of drug-likeness (QED) is 0.335. The highest BCUT2D eigenvalue weighted by molar-refractivity contribution is 8.00. The second-order valence-electron chi connectivity index (χ2n) is 11.5. The summed E-state index contributed by atoms with van der Waals surface area (Å²) in [6.45, 7) is 14.7. The van der Waals surface area contributed by atoms with Gasteiger partial charge < -0.3 is 18.7 Å². The van der Waals surface area contributed by atoms with Gasteiger partial charge in [-0.05, 0) is 68.6 Å². The maximum absolute atomic E-state index is 15.4. The summed E-state index contributed by atoms with van der Waals surface area (Å²) in [5.74, 6) is 0.314. The zero-order chi connectivity index (χ0) is 29.0. The zero-order valence-electron chi connectivity index (χ0n) is 24.8. The molecule has 2 aliphatic rings. The lowest BCUT2D eigenvalue weighted by Gasteiger charge is -2.42. The minimum atomic E-state index is -0.250. The summed E-state index contributed by atoms with van der Waals surface area (Å²) in [6.07, 6.45) is 3.57. The van der Waals surface area contributed by atoms with Gasteiger partial charge in [0.15, 0.2) is 0 Å². The van der Waals surface area contributed by atoms with Gasteiger partial charge in [0.1, 0.15) is 5.82 Å². The monoisotopic (exact) mass is 580 g/mol. The topological polar surface area (TPSA) is 57.2 Å². The predicted molar refractivity (Wildman–Crippen MR) is 164 cm³/mol. The van der Waals surface area contributed by atoms with Crippen molar-refractivity contribution in [2.75, 3.05) is 75.8 Å². The molecule has 10 heteroatoms. The number of aromatic nitrogens is 2. The van der Waals surface area contributed by atoms with Crippen LogP contribution in [0.3, 0.4) is 0 Å². The third-order valence-corrected chi connectivity index (χ3v) is 8.73. The predicted octanol–water partition coefficient (Wildman–Crippen LogP) is 5.19. The summed E-state index contributed by atoms with van der Waals surface area (Å²) in [4.78, 5) is 17.1. The standard InChI is InChI=1S/C31H41FN6O2S/c1-31(2,3)38-12-10-36(11-13-38)22-23-6-7-26(27(32)18-23)28-19-24(8-9-33-28)35(4)41-29-20-25(21-34-30(29)39-5)37-14-16-40-17-15-37/h6-9,18-21H,10-17,22H2,1-5H3. The van der Waals surface area contributed by atoms with Crippen LogP contribution in [0.15, 0.2) is 53.7 Å². The first kappa shape index (κ1) is 29.6. The van der Waals surface area contributed by atoms with E-state index in [0.29, 0.717) is 30.4 Å². The molecule has 0 saturated carbocycles. The molecule has 0 spiro atoms. The smallest absolute Gasteiger partial charge is 0.229 e. The molecule has 0 radical (unpaired) electrons. The van der Waals surface area contributed by atoms with Gasteiger partial charge in [-0.25, -0.2) is 9.37 Å². The average molecular weight is 581 g/mol. The lowest BCUT2D eigenvalue weighted by Crippen LogP contribution is -2.53. The molecule has 2 aromatic heterocycles. The van der Waals surface area contributed by atoms with Gasteiger partial charge in [0.25, 0.3) is 0 Å². The van der Waals surface area contributed by atoms with Gasteiger partial charge >= 0.3 is 0 Å². The SMILES string of the molecule is COc1ncc(N2CCOCC2)cc1SN(C)c1ccnc(-c2ccc(CN3CCN(C(C)(C)C)CC3)cc2F)c1. The average Bonchev–Trinajstić information content (AvgIpc) is 2.97. The van der Waals surface area contributed by atoms with E-state index in [4.69, 9.17) is 9.47 Å². The molecule has 0 N–H and O–H groups in total. The number of anilines is 2. The van der Waals surface area contributed by atoms with Gasteiger partial charge in [-0.1, -0.05) is 6.07 Å². The Kier molecular flexibility index (Phi) is 9.33. The maximum Gasteiger partial charge on any atom is 0.229 e. The lowest BCUT2D eigenvalue weighted by molar-refractivity contribution is 0.0591. The summed E-state index contributed by atoms with van der Waals surface area (Å²) in [7, 11) is 3.60. The van der Waals surface area contributed by atoms with Gasteiger partial charge in [0.2, 0.25) is 5.88 Å². The Morgan fingerprint density at radius 2 is 1.76 bits per heavy atom. The van der Waals surface area contributed by atoms with Crippen molar-refractivity contribution in [2.45, 2.75) is 37.8 Å². The van der Waals surface area contributed by atoms with Crippen LogP contribution in [0.1, 0.15) is 26.3 Å². The fraction of sp³-hybridized carbons (Fsp3) is 0.484. The minimum Gasteiger partial charge on any atom is -0.480 e. The first-order chi connectivity index (χ1) is 19.7. The highest BCUT2D eigenvalue weighted by atomic mass is 32.2. The van der Waals surface area contributed by atoms with Crippen LogP contribution in [0.4, 0.5) is 15.8 Å². The van der Waals surface area contributed by atoms with Crippen molar-refractivity contribution >= 4 is 23.3 Å². The fourth-order valence-corrected chi connectivity index (χ4v) is 6.20. The summed E-state index contributed by atoms with van der Waals surface area (Å²) >= 11 is 1.51. The van der Waals surface area contributed by atoms with Crippen molar-refractivity contribution in [3.63, 3.8) is 0 Å². The second kappa shape index (κ2) is 12.9. The Bertz CT molecular complexity index is 1320. The van der Waals surface area contributed by atoms with E-state index in [9.17, 15) is 0 Å². The Balaban J connectivity index is 1.27. The summed E-state index contributed by atoms with van der Waals surface area (Å²) in [6, 6.07) is 11.5. The number of morpholine rings is 1. The van der Waals surface area contributed by atoms with Crippen molar-refractivity contribution in [3.8, 4) is 17.1 Å². The molecule has 0 atom stereocenters. The number of nitrogens with zero attached hydrogens (tertiary/aromatic N) is 6. The molecule has 0 amide bonds. The van der Waals surface area contributed by atoms with Gasteiger partial charge in [-0.2, -0.15) is 0 Å². The van der Waals surface area contributed by atoms with Crippen molar-refractivity contribution < 1.29 is 13.9 Å². The number of piperazine rings is 1. The Morgan fingerprint density at radius 3 is 2.44 bits per heavy atom. The van der Waals surface area contributed by atoms with Crippen molar-refractivity contribution in [1.82, 2.24) is 19.8 Å². The van der Waals surface area contributed by atoms with Crippen molar-refractivity contribution in [1.29, 1.82) is 0 Å². The van der Waals surface area contributed by atoms with E-state index in [1.54, 1.807) is 19.4 Å². The van der Waals surface area contributed by atoms with Crippen molar-refractivity contribution in [3.05, 3.63) is 60.2 Å². The first-order valence-electron chi connectivity index (χ1n) is 14.2. The molecule has 8 nitrogen and oxygen atoms in total. The normalized spacial score (nSPS) is 17.1. The maximum atomic E-state index is 15.4. The van der Waals surface area contributed by atoms with Crippen LogP contribution in [0.2, 0.25) is 0 Å². The Hall–Kier alpha value is -2.92. The minimum absolute atomic E-state index is 0.184. The highest BCUT2D eigenvalue weighted by Crippen LogP contribution is 2.36. The number of hydrogen-bond donors (Lipinski definition) is 0. The van der Waals surface area contributed by atoms with Gasteiger partial charge in [0, 0.05) is 70.2 Å². The number of halogens is 1. The van der Waals surface area contributed by atoms with Crippen LogP contribution in [0.25, 0.3) is 11.3 Å². The van der Waals surface area contributed by atoms with E-state index < -0.39 is 0 Å². The summed E-state index contributed by atoms with van der Waals surface area (Å²) < 4.78 is 28.5. The lowest BCUT2D eigenvalue weighted by atomic mass is 10.0. The van der Waals surface area contributed by atoms with Gasteiger partial charge in [-0.15, -0.1) is 0 Å². The van der Waals surface area contributed by atoms with Crippen LogP contribution in [0, 0.1) is 5.82 Å². The molecule has 0 bridgehead atoms. The van der Waals surface area contributed by atoms with Crippen LogP contribution >= 0.6 is 11.9 Å². The van der Waals surface area contributed by atoms with Crippen LogP contribution < -0.4 is 13.9 Å². The third-order valence-electron chi connectivity index (χ3n) is 7.75. The number of ether oxygens (including phenoxy) is 2. The van der Waals surface area contributed by atoms with E-state index in [-0.39, 0.29) is 11.4 Å². The number of methoxy groups -OCH3 is 1. The fourth-order valence-electron chi connectivity index (χ4n) is 5.30. The van der Waals surface area contributed by atoms with Crippen LogP contribution in [0.5, 0.6) is 5.88 Å². The molecule has 1 aromatic carbocycles. The Labute approximate surface area is 247 Å². The Morgan fingerprint density at radius 1 is 1.00 bits per heavy atom. The van der Waals surface area contributed by atoms with E-state index in [0.717, 1.165) is 67.6 Å². The molecule has 2 saturated heterocycles. The molecule has 2 fully saturated rings. The van der Waals surface area contributed by atoms with E-state index in [2.05, 4.69) is 51.5 Å². The molecular formula is C31H41FN6O2S. The summed E-state index contributed by atoms with van der Waals surface area (Å²) in [5.41, 5.74) is 4.21. The molecule has 41 heavy (non-hydrogen) atoms. The molecule has 4 heterocycles. The van der Waals surface area contributed by atoms with E-state index in [1.807, 2.05) is 41.8 Å². The number of benzene rings is 1. The molecule has 3 aromatic rings. The van der Waals surface area contributed by atoms with E-state index >= 15 is 4.39 Å². The molecule has 5 rings (SSSR count). The third kappa shape index (κ3) is 7.30. The highest BCUT2D eigenvalue weighted by Gasteiger charge is 2.26. The van der Waals surface area contributed by atoms with E-state index in [1.165, 1.54) is 11.9 Å². The molecular weight excluding hydrogens is 539 g/mol. The second-order valence-corrected chi connectivity index (χ2v) is 12.7. The molecule has 2 aliphatic heterocycles. The number of hydrogen-bond acceptors (Lipinski definition) is 9. The first-order valence-corrected chi connectivity index (χ1v) is 15.0. The summed E-state index contributed by atoms with van der Waals surface area (Å²) in [5, 5.41) is 0. The largest absolute Gasteiger partial charge is 0.480 e. The molecule has 220 valence electrons. The number of rotatable bonds is 8. The van der Waals surface area contributed by atoms with Gasteiger partial charge in [0.05, 0.1) is 48.5 Å².